The van der Waals surface area contributed by atoms with Crippen molar-refractivity contribution in [1.82, 2.24) is 0 Å². The highest BCUT2D eigenvalue weighted by atomic mass is 79.9. The SMILES string of the molecule is COCCc1sc[n+](CCOc2ccc(-c3ccc(OCC[n+]4csc(CCOC)c4C)cc3)cc2)c1C.[Br-].[Br-]. The molecule has 0 aliphatic rings. The quantitative estimate of drug-likeness (QED) is 0.152. The lowest BCUT2D eigenvalue weighted by Crippen LogP contribution is -3.00. The number of halogens is 2. The Kier molecular flexibility index (Phi) is 15.4. The predicted molar refractivity (Wildman–Crippen MR) is 153 cm³/mol. The molecule has 0 amide bonds. The van der Waals surface area contributed by atoms with E-state index in [9.17, 15) is 0 Å². The Morgan fingerprint density at radius 1 is 0.575 bits per heavy atom. The number of aromatic nitrogens is 2. The summed E-state index contributed by atoms with van der Waals surface area (Å²) in [5, 5.41) is 0. The molecule has 0 aliphatic carbocycles. The van der Waals surface area contributed by atoms with Crippen LogP contribution in [-0.4, -0.2) is 40.6 Å². The Hall–Kier alpha value is -1.82. The zero-order chi connectivity index (χ0) is 26.7. The number of rotatable bonds is 15. The molecule has 4 aromatic rings. The Morgan fingerprint density at radius 2 is 0.950 bits per heavy atom. The van der Waals surface area contributed by atoms with Gasteiger partial charge in [-0.2, -0.15) is 9.13 Å². The van der Waals surface area contributed by atoms with Crippen molar-refractivity contribution in [2.24, 2.45) is 0 Å². The first-order valence-corrected chi connectivity index (χ1v) is 14.7. The zero-order valence-electron chi connectivity index (χ0n) is 23.5. The Bertz CT molecular complexity index is 1180. The summed E-state index contributed by atoms with van der Waals surface area (Å²) in [7, 11) is 3.49. The molecule has 10 heteroatoms. The van der Waals surface area contributed by atoms with Crippen LogP contribution >= 0.6 is 22.7 Å². The molecule has 2 aromatic heterocycles. The summed E-state index contributed by atoms with van der Waals surface area (Å²) in [6.45, 7) is 8.77. The van der Waals surface area contributed by atoms with Crippen LogP contribution in [0.5, 0.6) is 11.5 Å². The number of benzene rings is 2. The van der Waals surface area contributed by atoms with Crippen LogP contribution in [0.2, 0.25) is 0 Å². The lowest BCUT2D eigenvalue weighted by atomic mass is 10.1. The molecular weight excluding hydrogens is 676 g/mol. The van der Waals surface area contributed by atoms with Crippen LogP contribution in [0.4, 0.5) is 0 Å². The third-order valence-corrected chi connectivity index (χ3v) is 8.91. The van der Waals surface area contributed by atoms with Crippen molar-refractivity contribution in [2.75, 3.05) is 40.6 Å². The van der Waals surface area contributed by atoms with Gasteiger partial charge in [-0.05, 0) is 35.4 Å². The second-order valence-electron chi connectivity index (χ2n) is 9.08. The number of ether oxygens (including phenoxy) is 4. The summed E-state index contributed by atoms with van der Waals surface area (Å²) in [5.41, 5.74) is 9.24. The Labute approximate surface area is 267 Å². The van der Waals surface area contributed by atoms with Crippen molar-refractivity contribution in [3.63, 3.8) is 0 Å². The minimum absolute atomic E-state index is 0. The van der Waals surface area contributed by atoms with Gasteiger partial charge in [-0.15, -0.1) is 0 Å². The molecule has 0 aliphatic heterocycles. The van der Waals surface area contributed by atoms with Crippen molar-refractivity contribution in [3.8, 4) is 22.6 Å². The van der Waals surface area contributed by atoms with Gasteiger partial charge in [0.05, 0.1) is 23.0 Å². The van der Waals surface area contributed by atoms with Gasteiger partial charge in [-0.3, -0.25) is 0 Å². The van der Waals surface area contributed by atoms with Gasteiger partial charge < -0.3 is 52.9 Å². The molecule has 218 valence electrons. The molecule has 4 rings (SSSR count). The number of hydrogen-bond donors (Lipinski definition) is 0. The first-order valence-electron chi connectivity index (χ1n) is 13.0. The molecule has 6 nitrogen and oxygen atoms in total. The highest BCUT2D eigenvalue weighted by molar-refractivity contribution is 7.09. The van der Waals surface area contributed by atoms with Crippen molar-refractivity contribution in [1.29, 1.82) is 0 Å². The van der Waals surface area contributed by atoms with Crippen molar-refractivity contribution < 1.29 is 62.0 Å². The fraction of sp³-hybridized carbons (Fsp3) is 0.400. The van der Waals surface area contributed by atoms with Gasteiger partial charge in [0.25, 0.3) is 0 Å². The van der Waals surface area contributed by atoms with E-state index in [4.69, 9.17) is 18.9 Å². The summed E-state index contributed by atoms with van der Waals surface area (Å²) in [6, 6.07) is 16.6. The highest BCUT2D eigenvalue weighted by Gasteiger charge is 2.16. The van der Waals surface area contributed by atoms with Crippen LogP contribution in [-0.2, 0) is 35.4 Å². The first-order chi connectivity index (χ1) is 18.6. The average Bonchev–Trinajstić information content (AvgIpc) is 3.48. The van der Waals surface area contributed by atoms with E-state index in [1.165, 1.54) is 21.1 Å². The standard InChI is InChI=1S/C30H38N2O4S2.2BrH/c1-23-29(13-17-33-3)37-21-31(23)15-19-35-27-9-5-25(6-10-27)26-7-11-28(12-8-26)36-20-16-32-22-38-30(24(32)2)14-18-34-4;;/h5-12,21-22H,13-20H2,1-4H3;2*1H/q+2;;/p-2. The molecule has 40 heavy (non-hydrogen) atoms. The summed E-state index contributed by atoms with van der Waals surface area (Å²) >= 11 is 3.57. The largest absolute Gasteiger partial charge is 1.00 e. The molecule has 0 atom stereocenters. The van der Waals surface area contributed by atoms with Crippen molar-refractivity contribution in [3.05, 3.63) is 80.7 Å². The van der Waals surface area contributed by atoms with E-state index in [0.717, 1.165) is 61.8 Å². The van der Waals surface area contributed by atoms with Crippen LogP contribution in [0.1, 0.15) is 21.1 Å². The van der Waals surface area contributed by atoms with E-state index >= 15 is 0 Å². The van der Waals surface area contributed by atoms with Crippen LogP contribution in [0, 0.1) is 13.8 Å². The number of thiazole rings is 2. The Morgan fingerprint density at radius 3 is 1.30 bits per heavy atom. The second kappa shape index (κ2) is 17.9. The van der Waals surface area contributed by atoms with Gasteiger partial charge in [-0.25, -0.2) is 0 Å². The third-order valence-electron chi connectivity index (χ3n) is 6.62. The van der Waals surface area contributed by atoms with Gasteiger partial charge >= 0.3 is 0 Å². The minimum Gasteiger partial charge on any atom is -1.00 e. The predicted octanol–water partition coefficient (Wildman–Crippen LogP) is -0.788. The van der Waals surface area contributed by atoms with E-state index in [0.29, 0.717) is 13.2 Å². The molecule has 0 N–H and O–H groups in total. The van der Waals surface area contributed by atoms with E-state index in [2.05, 4.69) is 58.3 Å². The van der Waals surface area contributed by atoms with Gasteiger partial charge in [0.1, 0.15) is 24.7 Å². The maximum Gasteiger partial charge on any atom is 0.225 e. The van der Waals surface area contributed by atoms with Crippen molar-refractivity contribution >= 4 is 22.7 Å². The normalized spacial score (nSPS) is 10.6. The molecule has 2 heterocycles. The summed E-state index contributed by atoms with van der Waals surface area (Å²) < 4.78 is 26.9. The average molecular weight is 715 g/mol. The maximum absolute atomic E-state index is 6.01. The van der Waals surface area contributed by atoms with Crippen LogP contribution in [0.15, 0.2) is 59.6 Å². The summed E-state index contributed by atoms with van der Waals surface area (Å²) in [6.07, 6.45) is 1.92. The molecule has 0 bridgehead atoms. The first kappa shape index (κ1) is 34.4. The molecule has 0 saturated carbocycles. The van der Waals surface area contributed by atoms with E-state index in [1.54, 1.807) is 36.9 Å². The van der Waals surface area contributed by atoms with Crippen LogP contribution in [0.3, 0.4) is 0 Å². The number of methoxy groups -OCH3 is 2. The zero-order valence-corrected chi connectivity index (χ0v) is 28.3. The highest BCUT2D eigenvalue weighted by Crippen LogP contribution is 2.25. The minimum atomic E-state index is 0. The number of nitrogens with zero attached hydrogens (tertiary/aromatic N) is 2. The van der Waals surface area contributed by atoms with Gasteiger partial charge in [0.2, 0.25) is 11.0 Å². The summed E-state index contributed by atoms with van der Waals surface area (Å²) in [5.74, 6) is 1.77. The smallest absolute Gasteiger partial charge is 0.225 e. The molecule has 0 unspecified atom stereocenters. The number of hydrogen-bond acceptors (Lipinski definition) is 6. The lowest BCUT2D eigenvalue weighted by molar-refractivity contribution is -0.699. The molecule has 0 radical (unpaired) electrons. The van der Waals surface area contributed by atoms with Gasteiger partial charge in [0, 0.05) is 40.9 Å². The molecule has 0 spiro atoms. The van der Waals surface area contributed by atoms with E-state index in [1.807, 2.05) is 24.3 Å². The lowest BCUT2D eigenvalue weighted by Gasteiger charge is -2.08. The maximum atomic E-state index is 6.01. The third kappa shape index (κ3) is 9.63. The molecule has 0 saturated heterocycles. The topological polar surface area (TPSA) is 44.7 Å². The molecule has 0 fully saturated rings. The second-order valence-corrected chi connectivity index (χ2v) is 11.0. The van der Waals surface area contributed by atoms with Crippen molar-refractivity contribution in [2.45, 2.75) is 39.8 Å². The fourth-order valence-corrected chi connectivity index (χ4v) is 6.24. The van der Waals surface area contributed by atoms with Crippen LogP contribution < -0.4 is 52.6 Å². The molecular formula is C30H38Br2N2O4S2. The Balaban J connectivity index is 0.00000280. The van der Waals surface area contributed by atoms with Gasteiger partial charge in [0.15, 0.2) is 24.5 Å². The van der Waals surface area contributed by atoms with Crippen LogP contribution in [0.25, 0.3) is 11.1 Å². The molecule has 2 aromatic carbocycles. The van der Waals surface area contributed by atoms with Gasteiger partial charge in [-0.1, -0.05) is 46.9 Å². The van der Waals surface area contributed by atoms with E-state index < -0.39 is 0 Å². The monoisotopic (exact) mass is 712 g/mol. The fourth-order valence-electron chi connectivity index (χ4n) is 4.22. The summed E-state index contributed by atoms with van der Waals surface area (Å²) in [4.78, 5) is 2.74. The van der Waals surface area contributed by atoms with E-state index in [-0.39, 0.29) is 34.0 Å².